The number of ether oxygens (including phenoxy) is 2. The Bertz CT molecular complexity index is 355. The molecule has 0 saturated heterocycles. The van der Waals surface area contributed by atoms with Gasteiger partial charge in [0.1, 0.15) is 0 Å². The Hall–Kier alpha value is -1.26. The maximum atomic E-state index is 5.83. The average molecular weight is 238 g/mol. The Balaban J connectivity index is 3.04. The van der Waals surface area contributed by atoms with Gasteiger partial charge in [-0.25, -0.2) is 0 Å². The van der Waals surface area contributed by atoms with Crippen LogP contribution < -0.4 is 15.2 Å². The predicted molar refractivity (Wildman–Crippen MR) is 69.6 cm³/mol. The first-order valence-corrected chi connectivity index (χ1v) is 5.80. The van der Waals surface area contributed by atoms with Gasteiger partial charge in [-0.15, -0.1) is 0 Å². The SMILES string of the molecule is CCN(C)C(CN)c1ccc(OC)c(OC)c1. The third-order valence-electron chi connectivity index (χ3n) is 3.05. The second kappa shape index (κ2) is 6.47. The minimum absolute atomic E-state index is 0.208. The van der Waals surface area contributed by atoms with E-state index in [9.17, 15) is 0 Å². The van der Waals surface area contributed by atoms with Gasteiger partial charge >= 0.3 is 0 Å². The number of nitrogens with two attached hydrogens (primary N) is 1. The summed E-state index contributed by atoms with van der Waals surface area (Å²) >= 11 is 0. The van der Waals surface area contributed by atoms with Gasteiger partial charge in [0, 0.05) is 12.6 Å². The number of methoxy groups -OCH3 is 2. The van der Waals surface area contributed by atoms with Crippen molar-refractivity contribution >= 4 is 0 Å². The highest BCUT2D eigenvalue weighted by atomic mass is 16.5. The van der Waals surface area contributed by atoms with Gasteiger partial charge in [-0.05, 0) is 31.3 Å². The summed E-state index contributed by atoms with van der Waals surface area (Å²) in [6.07, 6.45) is 0. The van der Waals surface area contributed by atoms with E-state index >= 15 is 0 Å². The normalized spacial score (nSPS) is 12.6. The summed E-state index contributed by atoms with van der Waals surface area (Å²) in [4.78, 5) is 2.21. The lowest BCUT2D eigenvalue weighted by Crippen LogP contribution is -2.30. The fourth-order valence-corrected chi connectivity index (χ4v) is 1.85. The topological polar surface area (TPSA) is 47.7 Å². The highest BCUT2D eigenvalue weighted by Crippen LogP contribution is 2.31. The lowest BCUT2D eigenvalue weighted by molar-refractivity contribution is 0.262. The van der Waals surface area contributed by atoms with E-state index in [1.807, 2.05) is 18.2 Å². The van der Waals surface area contributed by atoms with Crippen molar-refractivity contribution in [3.63, 3.8) is 0 Å². The van der Waals surface area contributed by atoms with Crippen LogP contribution in [0.4, 0.5) is 0 Å². The lowest BCUT2D eigenvalue weighted by atomic mass is 10.0. The van der Waals surface area contributed by atoms with Gasteiger partial charge in [-0.3, -0.25) is 4.90 Å². The van der Waals surface area contributed by atoms with Crippen molar-refractivity contribution in [3.05, 3.63) is 23.8 Å². The number of hydrogen-bond donors (Lipinski definition) is 1. The minimum Gasteiger partial charge on any atom is -0.493 e. The molecule has 1 unspecified atom stereocenters. The standard InChI is InChI=1S/C13H22N2O2/c1-5-15(2)11(9-14)10-6-7-12(16-3)13(8-10)17-4/h6-8,11H,5,9,14H2,1-4H3. The molecular formula is C13H22N2O2. The molecule has 0 heterocycles. The average Bonchev–Trinajstić information content (AvgIpc) is 2.38. The first kappa shape index (κ1) is 13.8. The molecule has 1 rings (SSSR count). The van der Waals surface area contributed by atoms with Gasteiger partial charge in [-0.2, -0.15) is 0 Å². The van der Waals surface area contributed by atoms with Gasteiger partial charge in [0.15, 0.2) is 11.5 Å². The molecule has 17 heavy (non-hydrogen) atoms. The summed E-state index contributed by atoms with van der Waals surface area (Å²) in [5, 5.41) is 0. The highest BCUT2D eigenvalue weighted by Gasteiger charge is 2.16. The van der Waals surface area contributed by atoms with Gasteiger partial charge < -0.3 is 15.2 Å². The summed E-state index contributed by atoms with van der Waals surface area (Å²) in [5.74, 6) is 1.49. The number of rotatable bonds is 6. The monoisotopic (exact) mass is 238 g/mol. The quantitative estimate of drug-likeness (QED) is 0.818. The molecule has 0 amide bonds. The van der Waals surface area contributed by atoms with E-state index in [1.165, 1.54) is 0 Å². The largest absolute Gasteiger partial charge is 0.493 e. The Kier molecular flexibility index (Phi) is 5.25. The van der Waals surface area contributed by atoms with Crippen LogP contribution >= 0.6 is 0 Å². The van der Waals surface area contributed by atoms with Crippen molar-refractivity contribution < 1.29 is 9.47 Å². The molecule has 4 nitrogen and oxygen atoms in total. The number of benzene rings is 1. The van der Waals surface area contributed by atoms with Crippen molar-refractivity contribution in [2.45, 2.75) is 13.0 Å². The zero-order chi connectivity index (χ0) is 12.8. The first-order valence-electron chi connectivity index (χ1n) is 5.80. The third-order valence-corrected chi connectivity index (χ3v) is 3.05. The van der Waals surface area contributed by atoms with Gasteiger partial charge in [0.25, 0.3) is 0 Å². The van der Waals surface area contributed by atoms with Crippen molar-refractivity contribution in [3.8, 4) is 11.5 Å². The molecule has 4 heteroatoms. The van der Waals surface area contributed by atoms with E-state index in [1.54, 1.807) is 14.2 Å². The lowest BCUT2D eigenvalue weighted by Gasteiger charge is -2.26. The van der Waals surface area contributed by atoms with E-state index in [4.69, 9.17) is 15.2 Å². The molecule has 1 aromatic rings. The molecule has 0 aliphatic carbocycles. The van der Waals surface area contributed by atoms with Crippen LogP contribution in [0, 0.1) is 0 Å². The summed E-state index contributed by atoms with van der Waals surface area (Å²) in [7, 11) is 5.34. The Morgan fingerprint density at radius 3 is 2.35 bits per heavy atom. The molecule has 0 aromatic heterocycles. The van der Waals surface area contributed by atoms with Crippen molar-refractivity contribution in [2.75, 3.05) is 34.4 Å². The van der Waals surface area contributed by atoms with Gasteiger partial charge in [0.05, 0.1) is 14.2 Å². The zero-order valence-corrected chi connectivity index (χ0v) is 11.1. The van der Waals surface area contributed by atoms with Gasteiger partial charge in [-0.1, -0.05) is 13.0 Å². The van der Waals surface area contributed by atoms with Crippen molar-refractivity contribution in [1.29, 1.82) is 0 Å². The molecular weight excluding hydrogens is 216 g/mol. The van der Waals surface area contributed by atoms with E-state index in [-0.39, 0.29) is 6.04 Å². The highest BCUT2D eigenvalue weighted by molar-refractivity contribution is 5.43. The van der Waals surface area contributed by atoms with E-state index in [0.29, 0.717) is 6.54 Å². The fourth-order valence-electron chi connectivity index (χ4n) is 1.85. The Morgan fingerprint density at radius 1 is 1.24 bits per heavy atom. The smallest absolute Gasteiger partial charge is 0.161 e. The third kappa shape index (κ3) is 3.11. The van der Waals surface area contributed by atoms with Crippen LogP contribution in [0.25, 0.3) is 0 Å². The minimum atomic E-state index is 0.208. The summed E-state index contributed by atoms with van der Waals surface area (Å²) in [6.45, 7) is 3.65. The molecule has 1 aromatic carbocycles. The van der Waals surface area contributed by atoms with Crippen LogP contribution in [0.15, 0.2) is 18.2 Å². The maximum Gasteiger partial charge on any atom is 0.161 e. The zero-order valence-electron chi connectivity index (χ0n) is 11.1. The Morgan fingerprint density at radius 2 is 1.88 bits per heavy atom. The number of nitrogens with zero attached hydrogens (tertiary/aromatic N) is 1. The molecule has 2 N–H and O–H groups in total. The summed E-state index contributed by atoms with van der Waals surface area (Å²) in [6, 6.07) is 6.15. The van der Waals surface area contributed by atoms with Crippen LogP contribution in [0.2, 0.25) is 0 Å². The van der Waals surface area contributed by atoms with Crippen LogP contribution in [-0.2, 0) is 0 Å². The molecule has 0 aliphatic heterocycles. The van der Waals surface area contributed by atoms with Crippen LogP contribution in [0.5, 0.6) is 11.5 Å². The molecule has 0 fully saturated rings. The molecule has 0 bridgehead atoms. The molecule has 96 valence electrons. The van der Waals surface area contributed by atoms with E-state index < -0.39 is 0 Å². The van der Waals surface area contributed by atoms with Crippen molar-refractivity contribution in [1.82, 2.24) is 4.90 Å². The molecule has 0 spiro atoms. The second-order valence-corrected chi connectivity index (χ2v) is 3.94. The van der Waals surface area contributed by atoms with Crippen LogP contribution in [-0.4, -0.2) is 39.3 Å². The Labute approximate surface area is 103 Å². The van der Waals surface area contributed by atoms with Crippen molar-refractivity contribution in [2.24, 2.45) is 5.73 Å². The molecule has 0 radical (unpaired) electrons. The van der Waals surface area contributed by atoms with Crippen LogP contribution in [0.3, 0.4) is 0 Å². The van der Waals surface area contributed by atoms with E-state index in [0.717, 1.165) is 23.6 Å². The molecule has 0 saturated carbocycles. The fraction of sp³-hybridized carbons (Fsp3) is 0.538. The summed E-state index contributed by atoms with van der Waals surface area (Å²) < 4.78 is 10.5. The van der Waals surface area contributed by atoms with E-state index in [2.05, 4.69) is 18.9 Å². The first-order chi connectivity index (χ1) is 8.17. The van der Waals surface area contributed by atoms with Gasteiger partial charge in [0.2, 0.25) is 0 Å². The maximum absolute atomic E-state index is 5.83. The number of likely N-dealkylation sites (N-methyl/N-ethyl adjacent to an activating group) is 1. The molecule has 0 aliphatic rings. The van der Waals surface area contributed by atoms with Crippen LogP contribution in [0.1, 0.15) is 18.5 Å². The predicted octanol–water partition coefficient (Wildman–Crippen LogP) is 1.66. The summed E-state index contributed by atoms with van der Waals surface area (Å²) in [5.41, 5.74) is 6.98. The number of hydrogen-bond acceptors (Lipinski definition) is 4. The molecule has 1 atom stereocenters. The second-order valence-electron chi connectivity index (χ2n) is 3.94.